The van der Waals surface area contributed by atoms with Gasteiger partial charge in [0.2, 0.25) is 0 Å². The van der Waals surface area contributed by atoms with E-state index in [1.165, 1.54) is 18.3 Å². The van der Waals surface area contributed by atoms with Crippen LogP contribution in [0.25, 0.3) is 0 Å². The van der Waals surface area contributed by atoms with Crippen molar-refractivity contribution in [2.45, 2.75) is 31.7 Å². The van der Waals surface area contributed by atoms with Crippen LogP contribution in [0.2, 0.25) is 0 Å². The lowest BCUT2D eigenvalue weighted by atomic mass is 10.2. The van der Waals surface area contributed by atoms with Crippen molar-refractivity contribution in [3.8, 4) is 0 Å². The van der Waals surface area contributed by atoms with Crippen LogP contribution in [-0.4, -0.2) is 28.0 Å². The molecule has 0 spiro atoms. The molecule has 0 aromatic carbocycles. The molecule has 2 rings (SSSR count). The number of amides is 1. The fourth-order valence-corrected chi connectivity index (χ4v) is 2.02. The van der Waals surface area contributed by atoms with E-state index in [4.69, 9.17) is 5.11 Å². The minimum absolute atomic E-state index is 0.0802. The molecule has 1 fully saturated rings. The average Bonchev–Trinajstić information content (AvgIpc) is 2.82. The maximum Gasteiger partial charge on any atom is 0.335 e. The molecule has 0 atom stereocenters. The molecule has 90 valence electrons. The van der Waals surface area contributed by atoms with Gasteiger partial charge in [-0.05, 0) is 25.0 Å². The van der Waals surface area contributed by atoms with Gasteiger partial charge in [0.25, 0.3) is 5.91 Å². The van der Waals surface area contributed by atoms with Gasteiger partial charge in [0.15, 0.2) is 0 Å². The molecule has 17 heavy (non-hydrogen) atoms. The second-order valence-electron chi connectivity index (χ2n) is 4.19. The largest absolute Gasteiger partial charge is 0.478 e. The van der Waals surface area contributed by atoms with Crippen molar-refractivity contribution in [2.75, 3.05) is 0 Å². The van der Waals surface area contributed by atoms with Gasteiger partial charge >= 0.3 is 5.97 Å². The van der Waals surface area contributed by atoms with Crippen LogP contribution in [0.1, 0.15) is 46.5 Å². The summed E-state index contributed by atoms with van der Waals surface area (Å²) in [4.78, 5) is 26.5. The van der Waals surface area contributed by atoms with E-state index in [9.17, 15) is 9.59 Å². The Morgan fingerprint density at radius 3 is 2.71 bits per heavy atom. The molecule has 1 aromatic heterocycles. The molecule has 5 heteroatoms. The number of carboxylic acids is 1. The Balaban J connectivity index is 2.07. The first-order valence-electron chi connectivity index (χ1n) is 5.67. The van der Waals surface area contributed by atoms with Crippen molar-refractivity contribution >= 4 is 11.9 Å². The first kappa shape index (κ1) is 11.6. The van der Waals surface area contributed by atoms with Crippen LogP contribution in [-0.2, 0) is 0 Å². The molecular formula is C12H14N2O3. The summed E-state index contributed by atoms with van der Waals surface area (Å²) < 4.78 is 0. The topological polar surface area (TPSA) is 79.3 Å². The van der Waals surface area contributed by atoms with E-state index in [1.54, 1.807) is 0 Å². The quantitative estimate of drug-likeness (QED) is 0.829. The Labute approximate surface area is 98.9 Å². The second kappa shape index (κ2) is 4.95. The number of pyridine rings is 1. The molecule has 1 heterocycles. The van der Waals surface area contributed by atoms with Gasteiger partial charge in [-0.25, -0.2) is 4.79 Å². The molecule has 1 amide bonds. The Morgan fingerprint density at radius 1 is 1.35 bits per heavy atom. The second-order valence-corrected chi connectivity index (χ2v) is 4.19. The Bertz CT molecular complexity index is 439. The SMILES string of the molecule is O=C(O)c1ccnc(C(=O)NC2CCCC2)c1. The van der Waals surface area contributed by atoms with Crippen molar-refractivity contribution in [3.05, 3.63) is 29.6 Å². The number of nitrogens with one attached hydrogen (secondary N) is 1. The normalized spacial score (nSPS) is 15.8. The Hall–Kier alpha value is -1.91. The summed E-state index contributed by atoms with van der Waals surface area (Å²) in [6, 6.07) is 2.87. The van der Waals surface area contributed by atoms with Gasteiger partial charge in [-0.3, -0.25) is 9.78 Å². The summed E-state index contributed by atoms with van der Waals surface area (Å²) in [5.74, 6) is -1.35. The smallest absolute Gasteiger partial charge is 0.335 e. The summed E-state index contributed by atoms with van der Waals surface area (Å²) in [7, 11) is 0. The number of carbonyl (C=O) groups is 2. The van der Waals surface area contributed by atoms with E-state index in [0.717, 1.165) is 25.7 Å². The lowest BCUT2D eigenvalue weighted by Crippen LogP contribution is -2.33. The molecule has 0 bridgehead atoms. The molecule has 1 aliphatic carbocycles. The number of carbonyl (C=O) groups excluding carboxylic acids is 1. The fourth-order valence-electron chi connectivity index (χ4n) is 2.02. The number of aromatic carboxylic acids is 1. The number of hydrogen-bond donors (Lipinski definition) is 2. The number of nitrogens with zero attached hydrogens (tertiary/aromatic N) is 1. The summed E-state index contributed by atoms with van der Waals surface area (Å²) >= 11 is 0. The van der Waals surface area contributed by atoms with Crippen LogP contribution in [0.15, 0.2) is 18.3 Å². The highest BCUT2D eigenvalue weighted by Crippen LogP contribution is 2.18. The number of aromatic nitrogens is 1. The van der Waals surface area contributed by atoms with E-state index >= 15 is 0 Å². The minimum Gasteiger partial charge on any atom is -0.478 e. The molecule has 2 N–H and O–H groups in total. The summed E-state index contributed by atoms with van der Waals surface area (Å²) in [6.45, 7) is 0. The van der Waals surface area contributed by atoms with Crippen molar-refractivity contribution in [2.24, 2.45) is 0 Å². The molecule has 0 saturated heterocycles. The molecule has 0 aliphatic heterocycles. The van der Waals surface area contributed by atoms with Gasteiger partial charge in [0.05, 0.1) is 5.56 Å². The average molecular weight is 234 g/mol. The maximum absolute atomic E-state index is 11.8. The Kier molecular flexibility index (Phi) is 3.37. The molecular weight excluding hydrogens is 220 g/mol. The first-order valence-corrected chi connectivity index (χ1v) is 5.67. The standard InChI is InChI=1S/C12H14N2O3/c15-11(14-9-3-1-2-4-9)10-7-8(12(16)17)5-6-13-10/h5-7,9H,1-4H2,(H,14,15)(H,16,17). The van der Waals surface area contributed by atoms with E-state index in [0.29, 0.717) is 0 Å². The van der Waals surface area contributed by atoms with Crippen LogP contribution >= 0.6 is 0 Å². The maximum atomic E-state index is 11.8. The first-order chi connectivity index (χ1) is 8.16. The van der Waals surface area contributed by atoms with E-state index in [-0.39, 0.29) is 23.2 Å². The van der Waals surface area contributed by atoms with Crippen molar-refractivity contribution in [1.29, 1.82) is 0 Å². The van der Waals surface area contributed by atoms with E-state index in [1.807, 2.05) is 0 Å². The van der Waals surface area contributed by atoms with Crippen LogP contribution in [0.4, 0.5) is 0 Å². The van der Waals surface area contributed by atoms with E-state index in [2.05, 4.69) is 10.3 Å². The summed E-state index contributed by atoms with van der Waals surface area (Å²) in [5, 5.41) is 11.7. The fraction of sp³-hybridized carbons (Fsp3) is 0.417. The molecule has 1 aliphatic rings. The molecule has 1 aromatic rings. The highest BCUT2D eigenvalue weighted by Gasteiger charge is 2.19. The van der Waals surface area contributed by atoms with Gasteiger partial charge in [0, 0.05) is 12.2 Å². The predicted octanol–water partition coefficient (Wildman–Crippen LogP) is 1.45. The number of hydrogen-bond acceptors (Lipinski definition) is 3. The number of carboxylic acid groups (broad SMARTS) is 1. The molecule has 0 radical (unpaired) electrons. The van der Waals surface area contributed by atoms with Crippen LogP contribution in [0, 0.1) is 0 Å². The van der Waals surface area contributed by atoms with Crippen LogP contribution in [0.3, 0.4) is 0 Å². The third-order valence-electron chi connectivity index (χ3n) is 2.93. The molecule has 1 saturated carbocycles. The zero-order valence-electron chi connectivity index (χ0n) is 9.35. The molecule has 5 nitrogen and oxygen atoms in total. The lowest BCUT2D eigenvalue weighted by Gasteiger charge is -2.11. The van der Waals surface area contributed by atoms with Crippen LogP contribution < -0.4 is 5.32 Å². The summed E-state index contributed by atoms with van der Waals surface area (Å²) in [5.41, 5.74) is 0.244. The van der Waals surface area contributed by atoms with E-state index < -0.39 is 5.97 Å². The zero-order chi connectivity index (χ0) is 12.3. The van der Waals surface area contributed by atoms with Crippen molar-refractivity contribution < 1.29 is 14.7 Å². The minimum atomic E-state index is -1.05. The highest BCUT2D eigenvalue weighted by molar-refractivity contribution is 5.95. The molecule has 0 unspecified atom stereocenters. The van der Waals surface area contributed by atoms with Gasteiger partial charge in [-0.2, -0.15) is 0 Å². The zero-order valence-corrected chi connectivity index (χ0v) is 9.35. The lowest BCUT2D eigenvalue weighted by molar-refractivity contribution is 0.0696. The number of rotatable bonds is 3. The van der Waals surface area contributed by atoms with Crippen molar-refractivity contribution in [1.82, 2.24) is 10.3 Å². The van der Waals surface area contributed by atoms with Gasteiger partial charge in [-0.1, -0.05) is 12.8 Å². The highest BCUT2D eigenvalue weighted by atomic mass is 16.4. The van der Waals surface area contributed by atoms with Gasteiger partial charge in [-0.15, -0.1) is 0 Å². The van der Waals surface area contributed by atoms with Crippen LogP contribution in [0.5, 0.6) is 0 Å². The monoisotopic (exact) mass is 234 g/mol. The van der Waals surface area contributed by atoms with Gasteiger partial charge < -0.3 is 10.4 Å². The van der Waals surface area contributed by atoms with Gasteiger partial charge in [0.1, 0.15) is 5.69 Å². The van der Waals surface area contributed by atoms with Crippen molar-refractivity contribution in [3.63, 3.8) is 0 Å². The third kappa shape index (κ3) is 2.81. The summed E-state index contributed by atoms with van der Waals surface area (Å²) in [6.07, 6.45) is 5.59. The Morgan fingerprint density at radius 2 is 2.06 bits per heavy atom. The third-order valence-corrected chi connectivity index (χ3v) is 2.93. The predicted molar refractivity (Wildman–Crippen MR) is 60.9 cm³/mol.